The molecule has 0 radical (unpaired) electrons. The standard InChI is InChI=1S/C20H27N5O4/c1-14-10-18(16(11-17(14)25(27)28)15-12-21-22(5)13-15)23-6-8-24(9-7-23)19(26)29-20(2,3)4/h10-13H,6-9H2,1-5H3. The number of nitrogens with zero attached hydrogens (tertiary/aromatic N) is 5. The summed E-state index contributed by atoms with van der Waals surface area (Å²) in [5.41, 5.74) is 2.65. The molecule has 1 amide bonds. The van der Waals surface area contributed by atoms with Crippen LogP contribution in [0.15, 0.2) is 24.5 Å². The highest BCUT2D eigenvalue weighted by Crippen LogP contribution is 2.36. The number of carbonyl (C=O) groups excluding carboxylic acids is 1. The van der Waals surface area contributed by atoms with Gasteiger partial charge in [0.1, 0.15) is 5.60 Å². The Morgan fingerprint density at radius 3 is 2.38 bits per heavy atom. The van der Waals surface area contributed by atoms with Gasteiger partial charge < -0.3 is 14.5 Å². The smallest absolute Gasteiger partial charge is 0.410 e. The van der Waals surface area contributed by atoms with Gasteiger partial charge in [0, 0.05) is 67.9 Å². The van der Waals surface area contributed by atoms with E-state index in [0.29, 0.717) is 31.7 Å². The summed E-state index contributed by atoms with van der Waals surface area (Å²) in [5, 5.41) is 15.6. The van der Waals surface area contributed by atoms with E-state index in [4.69, 9.17) is 4.74 Å². The molecule has 2 heterocycles. The average Bonchev–Trinajstić information content (AvgIpc) is 3.06. The summed E-state index contributed by atoms with van der Waals surface area (Å²) in [6.45, 7) is 9.57. The Hall–Kier alpha value is -3.10. The van der Waals surface area contributed by atoms with E-state index in [9.17, 15) is 14.9 Å². The first-order valence-electron chi connectivity index (χ1n) is 9.56. The van der Waals surface area contributed by atoms with Gasteiger partial charge in [0.05, 0.1) is 11.1 Å². The molecule has 3 rings (SSSR count). The van der Waals surface area contributed by atoms with Gasteiger partial charge in [0.15, 0.2) is 0 Å². The number of piperazine rings is 1. The van der Waals surface area contributed by atoms with Crippen LogP contribution in [0.25, 0.3) is 11.1 Å². The van der Waals surface area contributed by atoms with Crippen molar-refractivity contribution < 1.29 is 14.5 Å². The summed E-state index contributed by atoms with van der Waals surface area (Å²) >= 11 is 0. The molecule has 1 aromatic heterocycles. The molecule has 0 unspecified atom stereocenters. The molecule has 1 aromatic carbocycles. The van der Waals surface area contributed by atoms with Gasteiger partial charge in [-0.05, 0) is 33.8 Å². The highest BCUT2D eigenvalue weighted by atomic mass is 16.6. The van der Waals surface area contributed by atoms with Gasteiger partial charge >= 0.3 is 6.09 Å². The van der Waals surface area contributed by atoms with Gasteiger partial charge in [-0.1, -0.05) is 0 Å². The van der Waals surface area contributed by atoms with Crippen molar-refractivity contribution in [2.24, 2.45) is 7.05 Å². The van der Waals surface area contributed by atoms with E-state index in [0.717, 1.165) is 16.8 Å². The van der Waals surface area contributed by atoms with Crippen molar-refractivity contribution >= 4 is 17.5 Å². The van der Waals surface area contributed by atoms with Gasteiger partial charge in [-0.3, -0.25) is 14.8 Å². The van der Waals surface area contributed by atoms with Crippen LogP contribution >= 0.6 is 0 Å². The molecule has 9 heteroatoms. The summed E-state index contributed by atoms with van der Waals surface area (Å²) in [7, 11) is 1.81. The second-order valence-corrected chi connectivity index (χ2v) is 8.27. The monoisotopic (exact) mass is 401 g/mol. The van der Waals surface area contributed by atoms with Crippen molar-refractivity contribution in [1.29, 1.82) is 0 Å². The number of anilines is 1. The first-order chi connectivity index (χ1) is 13.5. The molecule has 1 aliphatic rings. The van der Waals surface area contributed by atoms with Crippen LogP contribution in [-0.4, -0.2) is 57.5 Å². The van der Waals surface area contributed by atoms with E-state index in [2.05, 4.69) is 10.00 Å². The minimum absolute atomic E-state index is 0.0833. The molecule has 2 aromatic rings. The third kappa shape index (κ3) is 4.67. The predicted octanol–water partition coefficient (Wildman–Crippen LogP) is 3.36. The maximum Gasteiger partial charge on any atom is 0.410 e. The highest BCUT2D eigenvalue weighted by Gasteiger charge is 2.28. The third-order valence-electron chi connectivity index (χ3n) is 4.80. The zero-order valence-electron chi connectivity index (χ0n) is 17.5. The minimum Gasteiger partial charge on any atom is -0.444 e. The van der Waals surface area contributed by atoms with Crippen LogP contribution < -0.4 is 4.90 Å². The predicted molar refractivity (Wildman–Crippen MR) is 110 cm³/mol. The number of rotatable bonds is 3. The molecule has 0 saturated carbocycles. The Labute approximate surface area is 170 Å². The van der Waals surface area contributed by atoms with Gasteiger partial charge in [0.2, 0.25) is 0 Å². The quantitative estimate of drug-likeness (QED) is 0.578. The van der Waals surface area contributed by atoms with Gasteiger partial charge in [-0.15, -0.1) is 0 Å². The van der Waals surface area contributed by atoms with Gasteiger partial charge in [-0.25, -0.2) is 4.79 Å². The van der Waals surface area contributed by atoms with Gasteiger partial charge in [-0.2, -0.15) is 5.10 Å². The summed E-state index contributed by atoms with van der Waals surface area (Å²) < 4.78 is 7.13. The molecule has 29 heavy (non-hydrogen) atoms. The molecule has 0 bridgehead atoms. The van der Waals surface area contributed by atoms with Crippen molar-refractivity contribution in [3.8, 4) is 11.1 Å². The zero-order chi connectivity index (χ0) is 21.3. The SMILES string of the molecule is Cc1cc(N2CCN(C(=O)OC(C)(C)C)CC2)c(-c2cnn(C)c2)cc1[N+](=O)[O-]. The lowest BCUT2D eigenvalue weighted by atomic mass is 10.0. The van der Waals surface area contributed by atoms with Gasteiger partial charge in [0.25, 0.3) is 5.69 Å². The lowest BCUT2D eigenvalue weighted by molar-refractivity contribution is -0.385. The molecule has 9 nitrogen and oxygen atoms in total. The lowest BCUT2D eigenvalue weighted by Crippen LogP contribution is -2.50. The second kappa shape index (κ2) is 7.73. The van der Waals surface area contributed by atoms with E-state index < -0.39 is 5.60 Å². The highest BCUT2D eigenvalue weighted by molar-refractivity contribution is 5.81. The number of carbonyl (C=O) groups is 1. The minimum atomic E-state index is -0.531. The fourth-order valence-corrected chi connectivity index (χ4v) is 3.39. The van der Waals surface area contributed by atoms with Crippen LogP contribution in [-0.2, 0) is 11.8 Å². The zero-order valence-corrected chi connectivity index (χ0v) is 17.5. The number of nitro benzene ring substituents is 1. The average molecular weight is 401 g/mol. The molecule has 0 spiro atoms. The van der Waals surface area contributed by atoms with Crippen LogP contribution in [0.3, 0.4) is 0 Å². The van der Waals surface area contributed by atoms with Crippen molar-refractivity contribution in [3.63, 3.8) is 0 Å². The van der Waals surface area contributed by atoms with Crippen LogP contribution in [0.1, 0.15) is 26.3 Å². The molecule has 1 fully saturated rings. The van der Waals surface area contributed by atoms with E-state index in [1.165, 1.54) is 0 Å². The summed E-state index contributed by atoms with van der Waals surface area (Å²) in [6.07, 6.45) is 3.23. The maximum atomic E-state index is 12.3. The fourth-order valence-electron chi connectivity index (χ4n) is 3.39. The van der Waals surface area contributed by atoms with Crippen LogP contribution in [0.2, 0.25) is 0 Å². The Morgan fingerprint density at radius 1 is 1.21 bits per heavy atom. The Balaban J connectivity index is 1.86. The summed E-state index contributed by atoms with van der Waals surface area (Å²) in [4.78, 5) is 27.3. The number of nitro groups is 1. The third-order valence-corrected chi connectivity index (χ3v) is 4.80. The molecular formula is C20H27N5O4. The Bertz CT molecular complexity index is 923. The van der Waals surface area contributed by atoms with Crippen molar-refractivity contribution in [1.82, 2.24) is 14.7 Å². The number of aromatic nitrogens is 2. The summed E-state index contributed by atoms with van der Waals surface area (Å²) in [6, 6.07) is 3.46. The Kier molecular flexibility index (Phi) is 5.50. The molecule has 0 N–H and O–H groups in total. The normalized spacial score (nSPS) is 14.8. The molecule has 0 aliphatic carbocycles. The summed E-state index contributed by atoms with van der Waals surface area (Å²) in [5.74, 6) is 0. The van der Waals surface area contributed by atoms with Crippen LogP contribution in [0, 0.1) is 17.0 Å². The first-order valence-corrected chi connectivity index (χ1v) is 9.56. The number of benzene rings is 1. The van der Waals surface area contributed by atoms with Crippen molar-refractivity contribution in [2.75, 3.05) is 31.1 Å². The molecule has 1 aliphatic heterocycles. The molecular weight excluding hydrogens is 374 g/mol. The number of ether oxygens (including phenoxy) is 1. The van der Waals surface area contributed by atoms with E-state index in [-0.39, 0.29) is 16.7 Å². The van der Waals surface area contributed by atoms with E-state index >= 15 is 0 Å². The lowest BCUT2D eigenvalue weighted by Gasteiger charge is -2.37. The fraction of sp³-hybridized carbons (Fsp3) is 0.500. The van der Waals surface area contributed by atoms with Crippen molar-refractivity contribution in [2.45, 2.75) is 33.3 Å². The largest absolute Gasteiger partial charge is 0.444 e. The maximum absolute atomic E-state index is 12.3. The number of aryl methyl sites for hydroxylation is 2. The first kappa shape index (κ1) is 20.6. The topological polar surface area (TPSA) is 93.7 Å². The molecule has 1 saturated heterocycles. The van der Waals surface area contributed by atoms with Crippen LogP contribution in [0.4, 0.5) is 16.2 Å². The molecule has 156 valence electrons. The van der Waals surface area contributed by atoms with Crippen molar-refractivity contribution in [3.05, 3.63) is 40.2 Å². The van der Waals surface area contributed by atoms with E-state index in [1.807, 2.05) is 40.1 Å². The Morgan fingerprint density at radius 2 is 1.86 bits per heavy atom. The van der Waals surface area contributed by atoms with Crippen LogP contribution in [0.5, 0.6) is 0 Å². The second-order valence-electron chi connectivity index (χ2n) is 8.27. The van der Waals surface area contributed by atoms with E-state index in [1.54, 1.807) is 28.8 Å². The molecule has 0 atom stereocenters. The number of hydrogen-bond acceptors (Lipinski definition) is 6. The number of amides is 1. The number of hydrogen-bond donors (Lipinski definition) is 0.